The maximum absolute atomic E-state index is 5.71. The molecule has 0 aliphatic carbocycles. The van der Waals surface area contributed by atoms with Crippen molar-refractivity contribution in [3.63, 3.8) is 0 Å². The minimum absolute atomic E-state index is 0.790. The van der Waals surface area contributed by atoms with Crippen LogP contribution in [0.25, 0.3) is 0 Å². The Morgan fingerprint density at radius 3 is 2.47 bits per heavy atom. The summed E-state index contributed by atoms with van der Waals surface area (Å²) in [6, 6.07) is 0. The number of hydrogen-bond acceptors (Lipinski definition) is 1. The first kappa shape index (κ1) is 15.0. The number of ether oxygens (including phenoxy) is 1. The lowest BCUT2D eigenvalue weighted by molar-refractivity contribution is 0.0909. The first-order valence-corrected chi connectivity index (χ1v) is 6.72. The van der Waals surface area contributed by atoms with Gasteiger partial charge in [0, 0.05) is 13.2 Å². The molecule has 0 amide bonds. The summed E-state index contributed by atoms with van der Waals surface area (Å²) in [6.45, 7) is 10.3. The summed E-state index contributed by atoms with van der Waals surface area (Å²) < 4.78 is 5.71. The third-order valence-electron chi connectivity index (χ3n) is 2.94. The topological polar surface area (TPSA) is 9.23 Å². The molecule has 1 nitrogen and oxygen atoms in total. The smallest absolute Gasteiger partial charge is 0.0494 e. The Kier molecular flexibility index (Phi) is 12.0. The average Bonchev–Trinajstić information content (AvgIpc) is 2.27. The zero-order chi connectivity index (χ0) is 11.4. The van der Waals surface area contributed by atoms with Gasteiger partial charge >= 0.3 is 0 Å². The summed E-state index contributed by atoms with van der Waals surface area (Å²) in [4.78, 5) is 0. The third kappa shape index (κ3) is 10.2. The molecular formula is C14H29O. The molecule has 0 fully saturated rings. The quantitative estimate of drug-likeness (QED) is 0.455. The standard InChI is InChI=1S/C14H29O/c1-4-7-9-10-12-15-13-14(6-3)11-8-5-2/h14H,1,4-13H2,2-3H3. The molecule has 0 rings (SSSR count). The zero-order valence-electron chi connectivity index (χ0n) is 10.8. The lowest BCUT2D eigenvalue weighted by Gasteiger charge is -2.14. The summed E-state index contributed by atoms with van der Waals surface area (Å²) in [5.74, 6) is 0.790. The van der Waals surface area contributed by atoms with Gasteiger partial charge in [0.05, 0.1) is 0 Å². The van der Waals surface area contributed by atoms with Crippen LogP contribution < -0.4 is 0 Å². The van der Waals surface area contributed by atoms with Crippen LogP contribution in [-0.4, -0.2) is 13.2 Å². The average molecular weight is 213 g/mol. The fourth-order valence-corrected chi connectivity index (χ4v) is 1.71. The van der Waals surface area contributed by atoms with Crippen molar-refractivity contribution in [2.24, 2.45) is 5.92 Å². The van der Waals surface area contributed by atoms with Gasteiger partial charge in [-0.2, -0.15) is 0 Å². The number of rotatable bonds is 11. The Labute approximate surface area is 96.6 Å². The molecule has 1 unspecified atom stereocenters. The van der Waals surface area contributed by atoms with E-state index in [-0.39, 0.29) is 0 Å². The molecule has 0 bridgehead atoms. The molecule has 1 atom stereocenters. The van der Waals surface area contributed by atoms with E-state index in [9.17, 15) is 0 Å². The highest BCUT2D eigenvalue weighted by molar-refractivity contribution is 4.56. The molecule has 0 spiro atoms. The van der Waals surface area contributed by atoms with E-state index in [0.29, 0.717) is 0 Å². The van der Waals surface area contributed by atoms with Gasteiger partial charge in [-0.05, 0) is 18.8 Å². The molecule has 0 saturated heterocycles. The first-order chi connectivity index (χ1) is 7.35. The van der Waals surface area contributed by atoms with Crippen molar-refractivity contribution in [3.05, 3.63) is 6.92 Å². The van der Waals surface area contributed by atoms with E-state index in [1.54, 1.807) is 0 Å². The second-order valence-electron chi connectivity index (χ2n) is 4.41. The number of unbranched alkanes of at least 4 members (excludes halogenated alkanes) is 4. The van der Waals surface area contributed by atoms with Crippen molar-refractivity contribution < 1.29 is 4.74 Å². The van der Waals surface area contributed by atoms with Crippen molar-refractivity contribution in [2.45, 2.75) is 65.2 Å². The molecule has 0 saturated carbocycles. The highest BCUT2D eigenvalue weighted by Gasteiger charge is 2.05. The van der Waals surface area contributed by atoms with Crippen LogP contribution in [0.4, 0.5) is 0 Å². The van der Waals surface area contributed by atoms with Crippen LogP contribution in [0.2, 0.25) is 0 Å². The molecule has 1 radical (unpaired) electrons. The predicted octanol–water partition coefficient (Wildman–Crippen LogP) is 4.61. The summed E-state index contributed by atoms with van der Waals surface area (Å²) in [5.41, 5.74) is 0. The van der Waals surface area contributed by atoms with Crippen LogP contribution in [0.15, 0.2) is 0 Å². The van der Waals surface area contributed by atoms with Crippen LogP contribution in [0.3, 0.4) is 0 Å². The molecule has 15 heavy (non-hydrogen) atoms. The zero-order valence-corrected chi connectivity index (χ0v) is 10.8. The molecule has 0 aromatic heterocycles. The molecule has 0 aromatic rings. The van der Waals surface area contributed by atoms with Crippen LogP contribution in [0, 0.1) is 12.8 Å². The minimum atomic E-state index is 0.790. The third-order valence-corrected chi connectivity index (χ3v) is 2.94. The Bertz CT molecular complexity index is 112. The van der Waals surface area contributed by atoms with E-state index in [2.05, 4.69) is 20.8 Å². The first-order valence-electron chi connectivity index (χ1n) is 6.72. The highest BCUT2D eigenvalue weighted by Crippen LogP contribution is 2.13. The number of hydrogen-bond donors (Lipinski definition) is 0. The van der Waals surface area contributed by atoms with E-state index >= 15 is 0 Å². The van der Waals surface area contributed by atoms with Crippen LogP contribution in [-0.2, 0) is 4.74 Å². The van der Waals surface area contributed by atoms with Crippen LogP contribution in [0.5, 0.6) is 0 Å². The lowest BCUT2D eigenvalue weighted by atomic mass is 10.0. The van der Waals surface area contributed by atoms with E-state index in [4.69, 9.17) is 4.74 Å². The van der Waals surface area contributed by atoms with Crippen LogP contribution in [0.1, 0.15) is 65.2 Å². The molecular weight excluding hydrogens is 184 g/mol. The van der Waals surface area contributed by atoms with Crippen molar-refractivity contribution in [1.82, 2.24) is 0 Å². The fraction of sp³-hybridized carbons (Fsp3) is 0.929. The fourth-order valence-electron chi connectivity index (χ4n) is 1.71. The lowest BCUT2D eigenvalue weighted by Crippen LogP contribution is -2.09. The van der Waals surface area contributed by atoms with Gasteiger partial charge in [-0.25, -0.2) is 0 Å². The van der Waals surface area contributed by atoms with E-state index in [0.717, 1.165) is 25.6 Å². The second kappa shape index (κ2) is 12.0. The van der Waals surface area contributed by atoms with Crippen molar-refractivity contribution in [1.29, 1.82) is 0 Å². The van der Waals surface area contributed by atoms with Gasteiger partial charge in [0.2, 0.25) is 0 Å². The predicted molar refractivity (Wildman–Crippen MR) is 68.0 cm³/mol. The highest BCUT2D eigenvalue weighted by atomic mass is 16.5. The van der Waals surface area contributed by atoms with Crippen molar-refractivity contribution in [2.75, 3.05) is 13.2 Å². The van der Waals surface area contributed by atoms with Gasteiger partial charge in [0.1, 0.15) is 0 Å². The van der Waals surface area contributed by atoms with Crippen molar-refractivity contribution in [3.8, 4) is 0 Å². The largest absolute Gasteiger partial charge is 0.381 e. The molecule has 0 N–H and O–H groups in total. The van der Waals surface area contributed by atoms with Gasteiger partial charge in [0.25, 0.3) is 0 Å². The summed E-state index contributed by atoms with van der Waals surface area (Å²) in [6.07, 6.45) is 10.0. The van der Waals surface area contributed by atoms with Gasteiger partial charge in [0.15, 0.2) is 0 Å². The molecule has 91 valence electrons. The van der Waals surface area contributed by atoms with Crippen LogP contribution >= 0.6 is 0 Å². The van der Waals surface area contributed by atoms with Gasteiger partial charge in [-0.1, -0.05) is 59.3 Å². The van der Waals surface area contributed by atoms with E-state index in [1.807, 2.05) is 0 Å². The SMILES string of the molecule is [CH2]CCCCCOCC(CC)CCCC. The Hall–Kier alpha value is -0.0400. The molecule has 0 heterocycles. The van der Waals surface area contributed by atoms with Gasteiger partial charge in [-0.15, -0.1) is 0 Å². The second-order valence-corrected chi connectivity index (χ2v) is 4.41. The molecule has 0 aromatic carbocycles. The Morgan fingerprint density at radius 2 is 1.87 bits per heavy atom. The van der Waals surface area contributed by atoms with Crippen molar-refractivity contribution >= 4 is 0 Å². The normalized spacial score (nSPS) is 13.0. The summed E-state index contributed by atoms with van der Waals surface area (Å²) in [7, 11) is 0. The molecule has 0 aliphatic heterocycles. The molecule has 0 aliphatic rings. The Balaban J connectivity index is 3.22. The Morgan fingerprint density at radius 1 is 1.07 bits per heavy atom. The summed E-state index contributed by atoms with van der Waals surface area (Å²) >= 11 is 0. The maximum Gasteiger partial charge on any atom is 0.0494 e. The van der Waals surface area contributed by atoms with Gasteiger partial charge in [-0.3, -0.25) is 0 Å². The maximum atomic E-state index is 5.71. The van der Waals surface area contributed by atoms with Gasteiger partial charge < -0.3 is 4.74 Å². The monoisotopic (exact) mass is 213 g/mol. The minimum Gasteiger partial charge on any atom is -0.381 e. The van der Waals surface area contributed by atoms with E-state index < -0.39 is 0 Å². The van der Waals surface area contributed by atoms with E-state index in [1.165, 1.54) is 44.9 Å². The summed E-state index contributed by atoms with van der Waals surface area (Å²) in [5, 5.41) is 0. The molecule has 1 heteroatoms.